The van der Waals surface area contributed by atoms with Gasteiger partial charge in [0.25, 0.3) is 11.8 Å². The number of carbonyl (C=O) groups excluding carboxylic acids is 2. The average Bonchev–Trinajstić information content (AvgIpc) is 2.54. The number of carbonyl (C=O) groups is 2. The van der Waals surface area contributed by atoms with Gasteiger partial charge in [-0.25, -0.2) is 13.8 Å². The van der Waals surface area contributed by atoms with Crippen molar-refractivity contribution in [2.45, 2.75) is 25.9 Å². The van der Waals surface area contributed by atoms with Crippen molar-refractivity contribution in [1.29, 1.82) is 0 Å². The molecule has 2 heterocycles. The third-order valence-corrected chi connectivity index (χ3v) is 3.65. The molecule has 1 aromatic heterocycles. The van der Waals surface area contributed by atoms with Crippen molar-refractivity contribution >= 4 is 24.0 Å². The summed E-state index contributed by atoms with van der Waals surface area (Å²) >= 11 is 0. The van der Waals surface area contributed by atoms with Gasteiger partial charge in [-0.05, 0) is 26.0 Å². The van der Waals surface area contributed by atoms with Gasteiger partial charge in [-0.1, -0.05) is 6.08 Å². The van der Waals surface area contributed by atoms with Crippen molar-refractivity contribution in [3.63, 3.8) is 0 Å². The Morgan fingerprint density at radius 2 is 1.96 bits per heavy atom. The second-order valence-corrected chi connectivity index (χ2v) is 5.64. The van der Waals surface area contributed by atoms with E-state index in [0.717, 1.165) is 11.0 Å². The first-order valence-electron chi connectivity index (χ1n) is 7.38. The molecule has 142 valence electrons. The van der Waals surface area contributed by atoms with Gasteiger partial charge in [0.05, 0.1) is 18.7 Å². The maximum absolute atomic E-state index is 13.1. The second-order valence-electron chi connectivity index (χ2n) is 5.64. The van der Waals surface area contributed by atoms with E-state index in [9.17, 15) is 31.5 Å². The molecule has 26 heavy (non-hydrogen) atoms. The Morgan fingerprint density at radius 3 is 2.42 bits per heavy atom. The van der Waals surface area contributed by atoms with Crippen molar-refractivity contribution in [3.05, 3.63) is 29.3 Å². The first-order chi connectivity index (χ1) is 12.0. The van der Waals surface area contributed by atoms with Crippen LogP contribution in [0.3, 0.4) is 0 Å². The lowest BCUT2D eigenvalue weighted by Gasteiger charge is -2.40. The molecule has 1 saturated heterocycles. The van der Waals surface area contributed by atoms with Crippen LogP contribution < -0.4 is 10.3 Å². The van der Waals surface area contributed by atoms with Crippen LogP contribution in [-0.2, 0) is 15.8 Å². The summed E-state index contributed by atoms with van der Waals surface area (Å²) in [5.41, 5.74) is 1.29. The summed E-state index contributed by atoms with van der Waals surface area (Å²) < 4.78 is 65.4. The summed E-state index contributed by atoms with van der Waals surface area (Å²) in [7, 11) is 0. The molecule has 0 unspecified atom stereocenters. The zero-order valence-corrected chi connectivity index (χ0v) is 13.8. The van der Waals surface area contributed by atoms with Crippen LogP contribution in [0.4, 0.5) is 33.6 Å². The van der Waals surface area contributed by atoms with Crippen molar-refractivity contribution < 1.29 is 31.5 Å². The largest absolute Gasteiger partial charge is 0.419 e. The first kappa shape index (κ1) is 19.6. The maximum atomic E-state index is 13.1. The number of rotatable bonds is 5. The van der Waals surface area contributed by atoms with E-state index in [1.54, 1.807) is 6.92 Å². The summed E-state index contributed by atoms with van der Waals surface area (Å²) in [6.07, 6.45) is -3.23. The van der Waals surface area contributed by atoms with Crippen LogP contribution in [0, 0.1) is 0 Å². The third-order valence-electron chi connectivity index (χ3n) is 3.65. The Labute approximate surface area is 145 Å². The zero-order chi connectivity index (χ0) is 19.7. The van der Waals surface area contributed by atoms with Gasteiger partial charge in [-0.2, -0.15) is 18.2 Å². The molecule has 1 fully saturated rings. The number of aromatic nitrogens is 1. The highest BCUT2D eigenvalue weighted by Gasteiger charge is 2.47. The van der Waals surface area contributed by atoms with Crippen LogP contribution in [0.1, 0.15) is 19.4 Å². The summed E-state index contributed by atoms with van der Waals surface area (Å²) in [6.45, 7) is 1.20. The van der Waals surface area contributed by atoms with Crippen molar-refractivity contribution in [1.82, 2.24) is 9.99 Å². The SMILES string of the molecule is C/C=C(/C)C(=O)N(C=O)Nc1ccc(C(F)(F)F)c(N2CC(F)(F)C2)n1. The Kier molecular flexibility index (Phi) is 5.19. The topological polar surface area (TPSA) is 65.5 Å². The van der Waals surface area contributed by atoms with Crippen molar-refractivity contribution in [2.24, 2.45) is 0 Å². The molecule has 0 bridgehead atoms. The molecule has 2 rings (SSSR count). The van der Waals surface area contributed by atoms with Gasteiger partial charge in [0.15, 0.2) is 0 Å². The maximum Gasteiger partial charge on any atom is 0.419 e. The summed E-state index contributed by atoms with van der Waals surface area (Å²) in [6, 6.07) is 1.55. The van der Waals surface area contributed by atoms with Crippen LogP contribution in [0.25, 0.3) is 0 Å². The first-order valence-corrected chi connectivity index (χ1v) is 7.38. The smallest absolute Gasteiger partial charge is 0.344 e. The molecule has 1 aliphatic heterocycles. The zero-order valence-electron chi connectivity index (χ0n) is 13.8. The summed E-state index contributed by atoms with van der Waals surface area (Å²) in [5.74, 6) is -4.80. The Hall–Kier alpha value is -2.72. The number of imide groups is 1. The third kappa shape index (κ3) is 4.09. The lowest BCUT2D eigenvalue weighted by atomic mass is 10.1. The fourth-order valence-corrected chi connectivity index (χ4v) is 2.20. The Bertz CT molecular complexity index is 740. The van der Waals surface area contributed by atoms with Gasteiger partial charge in [-0.3, -0.25) is 15.0 Å². The van der Waals surface area contributed by atoms with E-state index in [-0.39, 0.29) is 17.8 Å². The van der Waals surface area contributed by atoms with E-state index in [0.29, 0.717) is 11.1 Å². The van der Waals surface area contributed by atoms with Crippen molar-refractivity contribution in [2.75, 3.05) is 23.4 Å². The number of amides is 2. The molecule has 0 radical (unpaired) electrons. The fraction of sp³-hybridized carbons (Fsp3) is 0.400. The number of anilines is 2. The molecule has 1 aliphatic rings. The monoisotopic (exact) mass is 378 g/mol. The van der Waals surface area contributed by atoms with E-state index >= 15 is 0 Å². The molecule has 0 atom stereocenters. The number of pyridine rings is 1. The van der Waals surface area contributed by atoms with E-state index < -0.39 is 42.5 Å². The van der Waals surface area contributed by atoms with Gasteiger partial charge in [-0.15, -0.1) is 0 Å². The number of nitrogens with one attached hydrogen (secondary N) is 1. The summed E-state index contributed by atoms with van der Waals surface area (Å²) in [4.78, 5) is 27.5. The molecule has 11 heteroatoms. The fourth-order valence-electron chi connectivity index (χ4n) is 2.20. The normalized spacial score (nSPS) is 16.7. The van der Waals surface area contributed by atoms with Crippen LogP contribution in [0.5, 0.6) is 0 Å². The molecule has 6 nitrogen and oxygen atoms in total. The van der Waals surface area contributed by atoms with E-state index in [1.165, 1.54) is 13.0 Å². The molecule has 2 amide bonds. The van der Waals surface area contributed by atoms with Gasteiger partial charge in [0, 0.05) is 5.57 Å². The minimum atomic E-state index is -4.80. The van der Waals surface area contributed by atoms with Crippen LogP contribution in [-0.4, -0.2) is 41.3 Å². The molecule has 1 N–H and O–H groups in total. The minimum Gasteiger partial charge on any atom is -0.344 e. The lowest BCUT2D eigenvalue weighted by molar-refractivity contribution is -0.138. The Morgan fingerprint density at radius 1 is 1.35 bits per heavy atom. The minimum absolute atomic E-state index is 0.131. The highest BCUT2D eigenvalue weighted by Crippen LogP contribution is 2.40. The molecular formula is C15H15F5N4O2. The second kappa shape index (κ2) is 6.89. The van der Waals surface area contributed by atoms with E-state index in [2.05, 4.69) is 10.4 Å². The molecule has 0 aromatic carbocycles. The van der Waals surface area contributed by atoms with Gasteiger partial charge >= 0.3 is 6.18 Å². The number of nitrogens with zero attached hydrogens (tertiary/aromatic N) is 3. The van der Waals surface area contributed by atoms with Gasteiger partial charge in [0.2, 0.25) is 6.41 Å². The number of hydrazine groups is 1. The number of allylic oxidation sites excluding steroid dienone is 1. The van der Waals surface area contributed by atoms with E-state index in [1.807, 2.05) is 0 Å². The quantitative estimate of drug-likeness (QED) is 0.369. The van der Waals surface area contributed by atoms with Crippen LogP contribution in [0.15, 0.2) is 23.8 Å². The highest BCUT2D eigenvalue weighted by molar-refractivity contribution is 5.99. The van der Waals surface area contributed by atoms with Crippen LogP contribution >= 0.6 is 0 Å². The predicted octanol–water partition coefficient (Wildman–Crippen LogP) is 2.83. The van der Waals surface area contributed by atoms with Crippen LogP contribution in [0.2, 0.25) is 0 Å². The van der Waals surface area contributed by atoms with Gasteiger partial charge < -0.3 is 4.90 Å². The lowest BCUT2D eigenvalue weighted by Crippen LogP contribution is -2.57. The number of hydrogen-bond donors (Lipinski definition) is 1. The molecule has 0 saturated carbocycles. The summed E-state index contributed by atoms with van der Waals surface area (Å²) in [5, 5.41) is 0.499. The standard InChI is InChI=1S/C15H15F5N4O2/c1-3-9(2)13(26)24(8-25)22-11-5-4-10(15(18,19)20)12(21-11)23-6-14(16,17)7-23/h3-5,8H,6-7H2,1-2H3,(H,21,22)/b9-3-. The molecule has 0 spiro atoms. The molecule has 0 aliphatic carbocycles. The molecule has 1 aromatic rings. The Balaban J connectivity index is 2.33. The predicted molar refractivity (Wildman–Crippen MR) is 82.4 cm³/mol. The number of halogens is 5. The average molecular weight is 378 g/mol. The number of hydrogen-bond acceptors (Lipinski definition) is 5. The van der Waals surface area contributed by atoms with Crippen molar-refractivity contribution in [3.8, 4) is 0 Å². The van der Waals surface area contributed by atoms with E-state index in [4.69, 9.17) is 0 Å². The number of alkyl halides is 5. The highest BCUT2D eigenvalue weighted by atomic mass is 19.4. The van der Waals surface area contributed by atoms with Gasteiger partial charge in [0.1, 0.15) is 11.6 Å². The molecular weight excluding hydrogens is 363 g/mol.